The second kappa shape index (κ2) is 6.44. The highest BCUT2D eigenvalue weighted by Crippen LogP contribution is 2.25. The Bertz CT molecular complexity index is 644. The summed E-state index contributed by atoms with van der Waals surface area (Å²) in [6.45, 7) is 1.83. The molecular weight excluding hydrogens is 300 g/mol. The van der Waals surface area contributed by atoms with Crippen LogP contribution in [0.5, 0.6) is 0 Å². The molecule has 0 saturated carbocycles. The molecule has 0 aliphatic rings. The first kappa shape index (κ1) is 14.4. The number of carbonyl (C=O) groups is 1. The van der Waals surface area contributed by atoms with E-state index < -0.39 is 4.92 Å². The summed E-state index contributed by atoms with van der Waals surface area (Å²) in [5.74, 6) is -0.196. The molecule has 0 unspecified atom stereocenters. The summed E-state index contributed by atoms with van der Waals surface area (Å²) in [6.07, 6.45) is 0. The molecule has 2 rings (SSSR count). The van der Waals surface area contributed by atoms with E-state index in [0.29, 0.717) is 4.34 Å². The summed E-state index contributed by atoms with van der Waals surface area (Å²) in [5, 5.41) is 21.9. The number of nitro groups is 1. The fraction of sp³-hybridized carbons (Fsp3) is 0.182. The van der Waals surface area contributed by atoms with Crippen LogP contribution in [-0.4, -0.2) is 26.8 Å². The van der Waals surface area contributed by atoms with Crippen LogP contribution in [0.25, 0.3) is 0 Å². The number of para-hydroxylation sites is 2. The van der Waals surface area contributed by atoms with Crippen molar-refractivity contribution in [3.8, 4) is 0 Å². The number of nitrogens with one attached hydrogen (secondary N) is 1. The standard InChI is InChI=1S/C11H10N4O3S2/c1-7-13-14-11(20-7)19-6-10(16)12-8-4-2-3-5-9(8)15(17)18/h2-5H,6H2,1H3,(H,12,16). The monoisotopic (exact) mass is 310 g/mol. The van der Waals surface area contributed by atoms with Gasteiger partial charge in [-0.05, 0) is 13.0 Å². The summed E-state index contributed by atoms with van der Waals surface area (Å²) >= 11 is 2.64. The maximum absolute atomic E-state index is 11.8. The van der Waals surface area contributed by atoms with Crippen LogP contribution in [0.2, 0.25) is 0 Å². The van der Waals surface area contributed by atoms with Gasteiger partial charge in [0.05, 0.1) is 10.7 Å². The van der Waals surface area contributed by atoms with Gasteiger partial charge in [0.25, 0.3) is 5.69 Å². The lowest BCUT2D eigenvalue weighted by molar-refractivity contribution is -0.383. The Kier molecular flexibility index (Phi) is 4.64. The van der Waals surface area contributed by atoms with Gasteiger partial charge in [-0.3, -0.25) is 14.9 Å². The van der Waals surface area contributed by atoms with Crippen molar-refractivity contribution in [2.45, 2.75) is 11.3 Å². The Hall–Kier alpha value is -2.00. The molecule has 1 aromatic carbocycles. The van der Waals surface area contributed by atoms with E-state index in [9.17, 15) is 14.9 Å². The predicted octanol–water partition coefficient (Wildman–Crippen LogP) is 2.49. The van der Waals surface area contributed by atoms with Crippen LogP contribution in [0.3, 0.4) is 0 Å². The van der Waals surface area contributed by atoms with Crippen molar-refractivity contribution in [2.75, 3.05) is 11.1 Å². The average Bonchev–Trinajstić information content (AvgIpc) is 2.83. The van der Waals surface area contributed by atoms with E-state index in [-0.39, 0.29) is 23.0 Å². The second-order valence-electron chi connectivity index (χ2n) is 3.70. The zero-order valence-electron chi connectivity index (χ0n) is 10.4. The van der Waals surface area contributed by atoms with Crippen molar-refractivity contribution >= 4 is 40.4 Å². The number of aryl methyl sites for hydroxylation is 1. The molecule has 104 valence electrons. The van der Waals surface area contributed by atoms with Crippen LogP contribution < -0.4 is 5.32 Å². The normalized spacial score (nSPS) is 10.2. The third-order valence-electron chi connectivity index (χ3n) is 2.21. The third-order valence-corrected chi connectivity index (χ3v) is 4.18. The predicted molar refractivity (Wildman–Crippen MR) is 77.1 cm³/mol. The molecule has 20 heavy (non-hydrogen) atoms. The van der Waals surface area contributed by atoms with Crippen molar-refractivity contribution < 1.29 is 9.72 Å². The summed E-state index contributed by atoms with van der Waals surface area (Å²) in [4.78, 5) is 22.1. The minimum atomic E-state index is -0.531. The van der Waals surface area contributed by atoms with Gasteiger partial charge in [0.1, 0.15) is 10.7 Å². The van der Waals surface area contributed by atoms with E-state index in [1.807, 2.05) is 6.92 Å². The highest BCUT2D eigenvalue weighted by atomic mass is 32.2. The highest BCUT2D eigenvalue weighted by Gasteiger charge is 2.15. The molecule has 2 aromatic rings. The molecule has 0 spiro atoms. The molecule has 0 saturated heterocycles. The quantitative estimate of drug-likeness (QED) is 0.517. The lowest BCUT2D eigenvalue weighted by atomic mass is 10.2. The minimum absolute atomic E-state index is 0.126. The van der Waals surface area contributed by atoms with Crippen LogP contribution in [-0.2, 0) is 4.79 Å². The Morgan fingerprint density at radius 2 is 2.20 bits per heavy atom. The lowest BCUT2D eigenvalue weighted by Crippen LogP contribution is -2.15. The van der Waals surface area contributed by atoms with Gasteiger partial charge >= 0.3 is 0 Å². The number of carbonyl (C=O) groups excluding carboxylic acids is 1. The number of anilines is 1. The van der Waals surface area contributed by atoms with E-state index in [1.54, 1.807) is 12.1 Å². The van der Waals surface area contributed by atoms with Crippen LogP contribution in [0.15, 0.2) is 28.6 Å². The number of thioether (sulfide) groups is 1. The number of benzene rings is 1. The van der Waals surface area contributed by atoms with Crippen LogP contribution in [0, 0.1) is 17.0 Å². The number of amides is 1. The summed E-state index contributed by atoms with van der Waals surface area (Å²) in [7, 11) is 0. The van der Waals surface area contributed by atoms with Gasteiger partial charge in [0.2, 0.25) is 5.91 Å². The largest absolute Gasteiger partial charge is 0.320 e. The van der Waals surface area contributed by atoms with E-state index in [2.05, 4.69) is 15.5 Å². The molecule has 0 atom stereocenters. The molecule has 1 amide bonds. The Balaban J connectivity index is 1.96. The molecule has 0 aliphatic heterocycles. The summed E-state index contributed by atoms with van der Waals surface area (Å²) < 4.78 is 0.695. The molecule has 9 heteroatoms. The van der Waals surface area contributed by atoms with Gasteiger partial charge in [-0.1, -0.05) is 35.2 Å². The molecule has 1 aromatic heterocycles. The van der Waals surface area contributed by atoms with Gasteiger partial charge in [-0.25, -0.2) is 0 Å². The van der Waals surface area contributed by atoms with Gasteiger partial charge in [-0.2, -0.15) is 0 Å². The number of nitro benzene ring substituents is 1. The first-order valence-electron chi connectivity index (χ1n) is 5.52. The van der Waals surface area contributed by atoms with E-state index in [1.165, 1.54) is 35.2 Å². The maximum atomic E-state index is 11.8. The topological polar surface area (TPSA) is 98.0 Å². The number of hydrogen-bond acceptors (Lipinski definition) is 7. The molecule has 0 radical (unpaired) electrons. The highest BCUT2D eigenvalue weighted by molar-refractivity contribution is 8.01. The molecule has 7 nitrogen and oxygen atoms in total. The van der Waals surface area contributed by atoms with Crippen molar-refractivity contribution in [1.82, 2.24) is 10.2 Å². The fourth-order valence-corrected chi connectivity index (χ4v) is 3.00. The molecule has 0 aliphatic carbocycles. The first-order chi connectivity index (χ1) is 9.56. The zero-order valence-corrected chi connectivity index (χ0v) is 12.0. The van der Waals surface area contributed by atoms with Crippen molar-refractivity contribution in [1.29, 1.82) is 0 Å². The second-order valence-corrected chi connectivity index (χ2v) is 6.10. The molecule has 1 N–H and O–H groups in total. The van der Waals surface area contributed by atoms with E-state index in [4.69, 9.17) is 0 Å². The van der Waals surface area contributed by atoms with Gasteiger partial charge in [0, 0.05) is 6.07 Å². The molecule has 1 heterocycles. The van der Waals surface area contributed by atoms with Crippen molar-refractivity contribution in [3.05, 3.63) is 39.4 Å². The zero-order chi connectivity index (χ0) is 14.5. The number of aromatic nitrogens is 2. The molecule has 0 fully saturated rings. The van der Waals surface area contributed by atoms with Gasteiger partial charge in [0.15, 0.2) is 4.34 Å². The van der Waals surface area contributed by atoms with Crippen molar-refractivity contribution in [3.63, 3.8) is 0 Å². The smallest absolute Gasteiger partial charge is 0.292 e. The summed E-state index contributed by atoms with van der Waals surface area (Å²) in [5.41, 5.74) is 0.0640. The average molecular weight is 310 g/mol. The maximum Gasteiger partial charge on any atom is 0.292 e. The fourth-order valence-electron chi connectivity index (χ4n) is 1.39. The van der Waals surface area contributed by atoms with E-state index >= 15 is 0 Å². The Labute approximate surface area is 122 Å². The lowest BCUT2D eigenvalue weighted by Gasteiger charge is -2.04. The number of hydrogen-bond donors (Lipinski definition) is 1. The van der Waals surface area contributed by atoms with Crippen LogP contribution >= 0.6 is 23.1 Å². The van der Waals surface area contributed by atoms with Crippen molar-refractivity contribution in [2.24, 2.45) is 0 Å². The van der Waals surface area contributed by atoms with Gasteiger partial charge in [-0.15, -0.1) is 10.2 Å². The minimum Gasteiger partial charge on any atom is -0.320 e. The molecular formula is C11H10N4O3S2. The number of nitrogens with zero attached hydrogens (tertiary/aromatic N) is 3. The van der Waals surface area contributed by atoms with Gasteiger partial charge < -0.3 is 5.32 Å². The van der Waals surface area contributed by atoms with Crippen LogP contribution in [0.1, 0.15) is 5.01 Å². The SMILES string of the molecule is Cc1nnc(SCC(=O)Nc2ccccc2[N+](=O)[O-])s1. The third kappa shape index (κ3) is 3.75. The van der Waals surface area contributed by atoms with E-state index in [0.717, 1.165) is 5.01 Å². The first-order valence-corrected chi connectivity index (χ1v) is 7.32. The number of rotatable bonds is 5. The summed E-state index contributed by atoms with van der Waals surface area (Å²) in [6, 6.07) is 6.02. The Morgan fingerprint density at radius 3 is 2.85 bits per heavy atom. The molecule has 0 bridgehead atoms. The Morgan fingerprint density at radius 1 is 1.45 bits per heavy atom. The van der Waals surface area contributed by atoms with Crippen LogP contribution in [0.4, 0.5) is 11.4 Å².